The first kappa shape index (κ1) is 34.9. The van der Waals surface area contributed by atoms with Crippen LogP contribution in [-0.4, -0.2) is 47.8 Å². The van der Waals surface area contributed by atoms with E-state index in [0.717, 1.165) is 15.9 Å². The van der Waals surface area contributed by atoms with E-state index in [-0.39, 0.29) is 17.7 Å². The summed E-state index contributed by atoms with van der Waals surface area (Å²) in [5, 5.41) is 14.6. The number of hydrogen-bond acceptors (Lipinski definition) is 10. The SMILES string of the molecule is CC(=O)OC(c1cn2ccsc2n1)C1C(=O)N(C(C(=O)OCc2ccc([N+](=O)[O-])cc2)=P(c2ccccc2)(c2ccccc2)c2ccccc2)C1S. The Labute approximate surface area is 308 Å². The first-order valence-corrected chi connectivity index (χ1v) is 19.3. The smallest absolute Gasteiger partial charge is 0.356 e. The molecular formula is C38H31N4O7PS2. The molecule has 4 aromatic carbocycles. The number of nitro groups is 1. The number of rotatable bonds is 11. The van der Waals surface area contributed by atoms with E-state index in [1.54, 1.807) is 10.6 Å². The van der Waals surface area contributed by atoms with Crippen LogP contribution >= 0.6 is 30.9 Å². The van der Waals surface area contributed by atoms with Crippen LogP contribution in [-0.2, 0) is 30.5 Å². The van der Waals surface area contributed by atoms with Gasteiger partial charge in [0.2, 0.25) is 5.91 Å². The van der Waals surface area contributed by atoms with Crippen molar-refractivity contribution in [3.05, 3.63) is 154 Å². The molecule has 3 atom stereocenters. The minimum Gasteiger partial charge on any atom is -0.456 e. The fourth-order valence-corrected chi connectivity index (χ4v) is 12.2. The maximum absolute atomic E-state index is 14.9. The first-order chi connectivity index (χ1) is 25.2. The number of fused-ring (bicyclic) bond motifs is 1. The number of ether oxygens (including phenoxy) is 2. The molecule has 14 heteroatoms. The van der Waals surface area contributed by atoms with Crippen LogP contribution in [0.2, 0.25) is 0 Å². The van der Waals surface area contributed by atoms with Crippen molar-refractivity contribution in [1.29, 1.82) is 0 Å². The summed E-state index contributed by atoms with van der Waals surface area (Å²) >= 11 is 6.37. The molecular weight excluding hydrogens is 720 g/mol. The Bertz CT molecular complexity index is 2200. The number of β-lactam (4-membered cyclic amide) rings is 1. The maximum atomic E-state index is 14.9. The van der Waals surface area contributed by atoms with Gasteiger partial charge in [0.25, 0.3) is 5.69 Å². The zero-order chi connectivity index (χ0) is 36.4. The lowest BCUT2D eigenvalue weighted by Crippen LogP contribution is -2.65. The van der Waals surface area contributed by atoms with Gasteiger partial charge < -0.3 is 9.47 Å². The van der Waals surface area contributed by atoms with Gasteiger partial charge in [-0.05, 0) is 33.6 Å². The molecule has 6 aromatic rings. The Morgan fingerprint density at radius 3 is 1.96 bits per heavy atom. The number of non-ortho nitro benzene ring substituents is 1. The van der Waals surface area contributed by atoms with E-state index in [9.17, 15) is 24.5 Å². The zero-order valence-corrected chi connectivity index (χ0v) is 30.2. The van der Waals surface area contributed by atoms with E-state index in [0.29, 0.717) is 16.2 Å². The summed E-state index contributed by atoms with van der Waals surface area (Å²) in [6, 6.07) is 34.3. The lowest BCUT2D eigenvalue weighted by molar-refractivity contribution is -0.384. The summed E-state index contributed by atoms with van der Waals surface area (Å²) in [6.07, 6.45) is 2.46. The predicted molar refractivity (Wildman–Crippen MR) is 204 cm³/mol. The topological polar surface area (TPSA) is 133 Å². The highest BCUT2D eigenvalue weighted by atomic mass is 32.1. The zero-order valence-electron chi connectivity index (χ0n) is 27.6. The molecule has 1 saturated heterocycles. The highest BCUT2D eigenvalue weighted by Crippen LogP contribution is 2.51. The number of carbonyl (C=O) groups excluding carboxylic acids is 3. The fraction of sp³-hybridized carbons (Fsp3) is 0.132. The molecule has 1 aliphatic heterocycles. The molecule has 0 aliphatic carbocycles. The number of carbonyl (C=O) groups is 3. The average molecular weight is 751 g/mol. The molecule has 52 heavy (non-hydrogen) atoms. The summed E-state index contributed by atoms with van der Waals surface area (Å²) < 4.78 is 13.6. The number of nitrogens with zero attached hydrogens (tertiary/aromatic N) is 4. The number of hydrogen-bond donors (Lipinski definition) is 1. The molecule has 1 fully saturated rings. The summed E-state index contributed by atoms with van der Waals surface area (Å²) in [5.74, 6) is -2.84. The van der Waals surface area contributed by atoms with Gasteiger partial charge in [-0.25, -0.2) is 9.78 Å². The second-order valence-electron chi connectivity index (χ2n) is 11.9. The minimum absolute atomic E-state index is 0.0895. The molecule has 0 bridgehead atoms. The summed E-state index contributed by atoms with van der Waals surface area (Å²) in [4.78, 5) is 59.6. The third kappa shape index (κ3) is 6.32. The van der Waals surface area contributed by atoms with Crippen molar-refractivity contribution in [2.45, 2.75) is 25.0 Å². The van der Waals surface area contributed by atoms with Crippen molar-refractivity contribution in [2.75, 3.05) is 0 Å². The molecule has 7 rings (SSSR count). The second-order valence-corrected chi connectivity index (χ2v) is 16.7. The Morgan fingerprint density at radius 1 is 0.923 bits per heavy atom. The number of imidazole rings is 1. The third-order valence-electron chi connectivity index (χ3n) is 8.81. The molecule has 0 N–H and O–H groups in total. The van der Waals surface area contributed by atoms with Crippen molar-refractivity contribution >= 4 is 80.7 Å². The number of amides is 1. The van der Waals surface area contributed by atoms with Crippen molar-refractivity contribution in [3.8, 4) is 0 Å². The molecule has 0 saturated carbocycles. The number of esters is 2. The quantitative estimate of drug-likeness (QED) is 0.0460. The van der Waals surface area contributed by atoms with Crippen LogP contribution in [0, 0.1) is 16.0 Å². The molecule has 0 radical (unpaired) electrons. The van der Waals surface area contributed by atoms with Crippen LogP contribution in [0.5, 0.6) is 0 Å². The maximum Gasteiger partial charge on any atom is 0.356 e. The highest BCUT2D eigenvalue weighted by molar-refractivity contribution is 7.96. The van der Waals surface area contributed by atoms with E-state index in [2.05, 4.69) is 4.98 Å². The Morgan fingerprint density at radius 2 is 1.48 bits per heavy atom. The van der Waals surface area contributed by atoms with Gasteiger partial charge in [0.15, 0.2) is 11.1 Å². The van der Waals surface area contributed by atoms with Gasteiger partial charge in [-0.2, -0.15) is 12.6 Å². The Hall–Kier alpha value is -5.49. The van der Waals surface area contributed by atoms with E-state index >= 15 is 0 Å². The summed E-state index contributed by atoms with van der Waals surface area (Å²) in [7, 11) is 0. The lowest BCUT2D eigenvalue weighted by atomic mass is 9.90. The summed E-state index contributed by atoms with van der Waals surface area (Å²) in [6.45, 7) is -2.20. The molecule has 11 nitrogen and oxygen atoms in total. The Balaban J connectivity index is 1.43. The van der Waals surface area contributed by atoms with Crippen molar-refractivity contribution < 1.29 is 28.8 Å². The van der Waals surface area contributed by atoms with Crippen molar-refractivity contribution in [1.82, 2.24) is 14.3 Å². The molecule has 1 amide bonds. The molecule has 3 unspecified atom stereocenters. The van der Waals surface area contributed by atoms with Gasteiger partial charge >= 0.3 is 11.9 Å². The number of thiazole rings is 1. The Kier molecular flexibility index (Phi) is 9.83. The second kappa shape index (κ2) is 14.6. The monoisotopic (exact) mass is 750 g/mol. The first-order valence-electron chi connectivity index (χ1n) is 16.1. The van der Waals surface area contributed by atoms with Gasteiger partial charge in [0.1, 0.15) is 23.6 Å². The number of aromatic nitrogens is 2. The van der Waals surface area contributed by atoms with Gasteiger partial charge in [-0.3, -0.25) is 29.0 Å². The average Bonchev–Trinajstić information content (AvgIpc) is 3.78. The van der Waals surface area contributed by atoms with Crippen LogP contribution in [0.25, 0.3) is 4.96 Å². The van der Waals surface area contributed by atoms with Crippen LogP contribution in [0.1, 0.15) is 24.3 Å². The largest absolute Gasteiger partial charge is 0.456 e. The summed E-state index contributed by atoms with van der Waals surface area (Å²) in [5.41, 5.74) is 0.897. The van der Waals surface area contributed by atoms with Crippen molar-refractivity contribution in [2.24, 2.45) is 5.92 Å². The molecule has 3 heterocycles. The van der Waals surface area contributed by atoms with Gasteiger partial charge in [-0.15, -0.1) is 11.3 Å². The minimum atomic E-state index is -3.24. The van der Waals surface area contributed by atoms with Gasteiger partial charge in [0.05, 0.1) is 10.3 Å². The molecule has 1 aliphatic rings. The number of likely N-dealkylation sites (tertiary alicyclic amines) is 1. The van der Waals surface area contributed by atoms with Crippen LogP contribution in [0.4, 0.5) is 5.69 Å². The number of thiol groups is 1. The van der Waals surface area contributed by atoms with Crippen LogP contribution in [0.15, 0.2) is 133 Å². The van der Waals surface area contributed by atoms with Gasteiger partial charge in [0, 0.05) is 43.7 Å². The molecule has 262 valence electrons. The van der Waals surface area contributed by atoms with E-state index in [1.165, 1.54) is 47.4 Å². The van der Waals surface area contributed by atoms with Crippen molar-refractivity contribution in [3.63, 3.8) is 0 Å². The lowest BCUT2D eigenvalue weighted by Gasteiger charge is -2.49. The highest BCUT2D eigenvalue weighted by Gasteiger charge is 2.57. The molecule has 2 aromatic heterocycles. The van der Waals surface area contributed by atoms with E-state index < -0.39 is 47.1 Å². The van der Waals surface area contributed by atoms with E-state index in [1.807, 2.05) is 103 Å². The number of benzene rings is 4. The normalized spacial score (nSPS) is 16.2. The van der Waals surface area contributed by atoms with E-state index in [4.69, 9.17) is 22.1 Å². The standard InChI is InChI=1S/C38H31N4O7PS2/c1-25(43)49-33(31-23-40-21-22-52-38(40)39-31)32-34(44)41(36(32)51)35(37(45)48-24-26-17-19-27(20-18-26)42(46)47)50(28-11-5-2-6-12-28,29-13-7-3-8-14-29)30-15-9-4-10-16-30/h2-23,32-33,36,51H,24H2,1H3. The van der Waals surface area contributed by atoms with Crippen LogP contribution < -0.4 is 15.9 Å². The molecule has 0 spiro atoms. The predicted octanol–water partition coefficient (Wildman–Crippen LogP) is 5.49. The van der Waals surface area contributed by atoms with Crippen LogP contribution in [0.3, 0.4) is 0 Å². The van der Waals surface area contributed by atoms with Gasteiger partial charge in [-0.1, -0.05) is 91.0 Å². The third-order valence-corrected chi connectivity index (χ3v) is 14.4. The fourth-order valence-electron chi connectivity index (χ4n) is 6.48. The number of nitro benzene ring substituents is 1.